The summed E-state index contributed by atoms with van der Waals surface area (Å²) >= 11 is 0. The van der Waals surface area contributed by atoms with Crippen LogP contribution in [-0.4, -0.2) is 28.9 Å². The third-order valence-corrected chi connectivity index (χ3v) is 1.77. The van der Waals surface area contributed by atoms with Crippen LogP contribution in [0.4, 0.5) is 0 Å². The molecule has 0 saturated heterocycles. The largest absolute Gasteiger partial charge is 0.342 e. The van der Waals surface area contributed by atoms with Crippen molar-refractivity contribution in [2.75, 3.05) is 13.6 Å². The molecule has 0 aromatic carbocycles. The monoisotopic (exact) mass is 139 g/mol. The molecule has 4 nitrogen and oxygen atoms in total. The Morgan fingerprint density at radius 1 is 1.60 bits per heavy atom. The summed E-state index contributed by atoms with van der Waals surface area (Å²) in [4.78, 5) is 2.20. The fourth-order valence-corrected chi connectivity index (χ4v) is 1.16. The standard InChI is InChI=1S/C6H9N3O/c1-9-3-2-6-5(4-9)7-8-10-6/h2-4H2,1H3. The Hall–Kier alpha value is -0.900. The van der Waals surface area contributed by atoms with Crippen LogP contribution in [-0.2, 0) is 13.0 Å². The Kier molecular flexibility index (Phi) is 1.20. The molecule has 54 valence electrons. The van der Waals surface area contributed by atoms with E-state index in [9.17, 15) is 0 Å². The summed E-state index contributed by atoms with van der Waals surface area (Å²) in [5, 5.41) is 7.34. The van der Waals surface area contributed by atoms with Gasteiger partial charge in [0.1, 0.15) is 5.69 Å². The summed E-state index contributed by atoms with van der Waals surface area (Å²) in [5.74, 6) is 0.957. The van der Waals surface area contributed by atoms with Crippen molar-refractivity contribution in [3.63, 3.8) is 0 Å². The smallest absolute Gasteiger partial charge is 0.162 e. The van der Waals surface area contributed by atoms with Crippen molar-refractivity contribution in [2.24, 2.45) is 0 Å². The lowest BCUT2D eigenvalue weighted by Crippen LogP contribution is -2.25. The Morgan fingerprint density at radius 2 is 2.50 bits per heavy atom. The van der Waals surface area contributed by atoms with Crippen molar-refractivity contribution in [2.45, 2.75) is 13.0 Å². The Labute approximate surface area is 58.8 Å². The van der Waals surface area contributed by atoms with Crippen LogP contribution in [0, 0.1) is 0 Å². The number of aromatic nitrogens is 2. The molecule has 0 aliphatic carbocycles. The van der Waals surface area contributed by atoms with Crippen molar-refractivity contribution in [1.29, 1.82) is 0 Å². The molecule has 0 radical (unpaired) electrons. The Balaban J connectivity index is 2.30. The van der Waals surface area contributed by atoms with Gasteiger partial charge in [-0.25, -0.2) is 0 Å². The first-order valence-electron chi connectivity index (χ1n) is 3.35. The molecule has 0 saturated carbocycles. The highest BCUT2D eigenvalue weighted by atomic mass is 16.5. The SMILES string of the molecule is CN1CCc2onnc2C1. The zero-order chi connectivity index (χ0) is 6.97. The lowest BCUT2D eigenvalue weighted by Gasteiger charge is -2.18. The van der Waals surface area contributed by atoms with E-state index in [2.05, 4.69) is 22.3 Å². The van der Waals surface area contributed by atoms with Crippen molar-refractivity contribution in [3.05, 3.63) is 11.5 Å². The minimum absolute atomic E-state index is 0.874. The predicted octanol–water partition coefficient (Wildman–Crippen LogP) is 0.0575. The van der Waals surface area contributed by atoms with Crippen LogP contribution in [0.3, 0.4) is 0 Å². The van der Waals surface area contributed by atoms with Gasteiger partial charge < -0.3 is 4.52 Å². The van der Waals surface area contributed by atoms with E-state index in [1.807, 2.05) is 0 Å². The molecule has 0 N–H and O–H groups in total. The molecule has 0 bridgehead atoms. The van der Waals surface area contributed by atoms with Gasteiger partial charge in [-0.2, -0.15) is 0 Å². The van der Waals surface area contributed by atoms with E-state index in [0.717, 1.165) is 31.0 Å². The van der Waals surface area contributed by atoms with E-state index in [4.69, 9.17) is 4.52 Å². The van der Waals surface area contributed by atoms with Gasteiger partial charge in [0, 0.05) is 24.8 Å². The third-order valence-electron chi connectivity index (χ3n) is 1.77. The first kappa shape index (κ1) is 5.85. The molecule has 1 aromatic rings. The zero-order valence-corrected chi connectivity index (χ0v) is 5.87. The molecule has 0 unspecified atom stereocenters. The van der Waals surface area contributed by atoms with E-state index in [-0.39, 0.29) is 0 Å². The van der Waals surface area contributed by atoms with Gasteiger partial charge >= 0.3 is 0 Å². The van der Waals surface area contributed by atoms with E-state index in [1.54, 1.807) is 0 Å². The van der Waals surface area contributed by atoms with Crippen LogP contribution in [0.25, 0.3) is 0 Å². The van der Waals surface area contributed by atoms with Gasteiger partial charge in [-0.1, -0.05) is 0 Å². The van der Waals surface area contributed by atoms with Crippen LogP contribution in [0.1, 0.15) is 11.5 Å². The lowest BCUT2D eigenvalue weighted by molar-refractivity contribution is 0.281. The van der Waals surface area contributed by atoms with Gasteiger partial charge in [-0.15, -0.1) is 5.10 Å². The van der Waals surface area contributed by atoms with Gasteiger partial charge in [-0.3, -0.25) is 4.90 Å². The highest BCUT2D eigenvalue weighted by molar-refractivity contribution is 5.08. The van der Waals surface area contributed by atoms with Gasteiger partial charge in [0.15, 0.2) is 5.76 Å². The minimum Gasteiger partial charge on any atom is -0.342 e. The van der Waals surface area contributed by atoms with E-state index in [0.29, 0.717) is 0 Å². The molecule has 0 atom stereocenters. The molecular formula is C6H9N3O. The summed E-state index contributed by atoms with van der Waals surface area (Å²) in [6, 6.07) is 0. The summed E-state index contributed by atoms with van der Waals surface area (Å²) in [5.41, 5.74) is 0.994. The predicted molar refractivity (Wildman–Crippen MR) is 34.3 cm³/mol. The molecule has 4 heteroatoms. The molecular weight excluding hydrogens is 130 g/mol. The normalized spacial score (nSPS) is 18.9. The van der Waals surface area contributed by atoms with Gasteiger partial charge in [0.25, 0.3) is 0 Å². The molecule has 2 rings (SSSR count). The summed E-state index contributed by atoms with van der Waals surface area (Å²) in [7, 11) is 2.07. The third kappa shape index (κ3) is 0.806. The second kappa shape index (κ2) is 2.05. The number of hydrogen-bond acceptors (Lipinski definition) is 4. The molecule has 0 amide bonds. The topological polar surface area (TPSA) is 42.2 Å². The highest BCUT2D eigenvalue weighted by Gasteiger charge is 2.17. The molecule has 0 spiro atoms. The first-order valence-corrected chi connectivity index (χ1v) is 3.35. The molecule has 1 aromatic heterocycles. The average molecular weight is 139 g/mol. The minimum atomic E-state index is 0.874. The van der Waals surface area contributed by atoms with Gasteiger partial charge in [0.05, 0.1) is 0 Å². The molecule has 1 aliphatic heterocycles. The van der Waals surface area contributed by atoms with Crippen molar-refractivity contribution < 1.29 is 4.52 Å². The second-order valence-corrected chi connectivity index (χ2v) is 2.63. The molecule has 1 aliphatic rings. The van der Waals surface area contributed by atoms with Crippen LogP contribution in [0.15, 0.2) is 4.52 Å². The lowest BCUT2D eigenvalue weighted by atomic mass is 10.2. The fourth-order valence-electron chi connectivity index (χ4n) is 1.16. The zero-order valence-electron chi connectivity index (χ0n) is 5.87. The first-order chi connectivity index (χ1) is 4.86. The van der Waals surface area contributed by atoms with Crippen LogP contribution in [0.2, 0.25) is 0 Å². The second-order valence-electron chi connectivity index (χ2n) is 2.63. The maximum Gasteiger partial charge on any atom is 0.162 e. The van der Waals surface area contributed by atoms with Crippen LogP contribution >= 0.6 is 0 Å². The van der Waals surface area contributed by atoms with Gasteiger partial charge in [-0.05, 0) is 7.05 Å². The van der Waals surface area contributed by atoms with E-state index < -0.39 is 0 Å². The van der Waals surface area contributed by atoms with Gasteiger partial charge in [0.2, 0.25) is 0 Å². The van der Waals surface area contributed by atoms with Crippen molar-refractivity contribution >= 4 is 0 Å². The molecule has 0 fully saturated rings. The number of fused-ring (bicyclic) bond motifs is 1. The molecule has 10 heavy (non-hydrogen) atoms. The quantitative estimate of drug-likeness (QED) is 0.509. The summed E-state index contributed by atoms with van der Waals surface area (Å²) < 4.78 is 4.92. The number of likely N-dealkylation sites (N-methyl/N-ethyl adjacent to an activating group) is 1. The van der Waals surface area contributed by atoms with Crippen LogP contribution in [0.5, 0.6) is 0 Å². The number of rotatable bonds is 0. The van der Waals surface area contributed by atoms with E-state index >= 15 is 0 Å². The molecule has 2 heterocycles. The van der Waals surface area contributed by atoms with Crippen LogP contribution < -0.4 is 0 Å². The summed E-state index contributed by atoms with van der Waals surface area (Å²) in [6.07, 6.45) is 0.943. The fraction of sp³-hybridized carbons (Fsp3) is 0.667. The maximum absolute atomic E-state index is 4.92. The average Bonchev–Trinajstić information content (AvgIpc) is 2.33. The number of nitrogens with zero attached hydrogens (tertiary/aromatic N) is 3. The van der Waals surface area contributed by atoms with Crippen molar-refractivity contribution in [3.8, 4) is 0 Å². The summed E-state index contributed by atoms with van der Waals surface area (Å²) in [6.45, 7) is 1.92. The number of hydrogen-bond donors (Lipinski definition) is 0. The highest BCUT2D eigenvalue weighted by Crippen LogP contribution is 2.13. The Bertz CT molecular complexity index is 233. The Morgan fingerprint density at radius 3 is 3.40 bits per heavy atom. The van der Waals surface area contributed by atoms with Crippen molar-refractivity contribution in [1.82, 2.24) is 15.3 Å². The maximum atomic E-state index is 4.92. The van der Waals surface area contributed by atoms with E-state index in [1.165, 1.54) is 0 Å².